The van der Waals surface area contributed by atoms with Crippen LogP contribution in [0.15, 0.2) is 46.1 Å². The van der Waals surface area contributed by atoms with Gasteiger partial charge in [-0.25, -0.2) is 0 Å². The van der Waals surface area contributed by atoms with Crippen LogP contribution in [-0.4, -0.2) is 32.6 Å². The first-order chi connectivity index (χ1) is 15.8. The molecule has 0 aliphatic carbocycles. The van der Waals surface area contributed by atoms with Gasteiger partial charge in [-0.3, -0.25) is 4.79 Å². The van der Waals surface area contributed by atoms with E-state index in [9.17, 15) is 4.79 Å². The van der Waals surface area contributed by atoms with Gasteiger partial charge in [0.05, 0.1) is 21.1 Å². The predicted octanol–water partition coefficient (Wildman–Crippen LogP) is 5.60. The summed E-state index contributed by atoms with van der Waals surface area (Å²) in [6.45, 7) is 5.93. The van der Waals surface area contributed by atoms with Crippen molar-refractivity contribution < 1.29 is 14.3 Å². The van der Waals surface area contributed by atoms with Crippen molar-refractivity contribution in [3.05, 3.63) is 67.2 Å². The number of benzene rings is 2. The molecule has 8 nitrogen and oxygen atoms in total. The molecule has 1 atom stereocenters. The van der Waals surface area contributed by atoms with Crippen molar-refractivity contribution >= 4 is 50.9 Å². The maximum absolute atomic E-state index is 12.5. The summed E-state index contributed by atoms with van der Waals surface area (Å²) in [4.78, 5) is 12.5. The van der Waals surface area contributed by atoms with Gasteiger partial charge < -0.3 is 14.8 Å². The van der Waals surface area contributed by atoms with Crippen LogP contribution in [0, 0.1) is 0 Å². The molecular formula is C22H20BrCl2N5O3. The summed E-state index contributed by atoms with van der Waals surface area (Å²) in [6, 6.07) is 8.53. The number of carbonyl (C=O) groups is 1. The third-order valence-electron chi connectivity index (χ3n) is 5.11. The average Bonchev–Trinajstić information content (AvgIpc) is 3.22. The van der Waals surface area contributed by atoms with Crippen LogP contribution in [-0.2, 0) is 11.4 Å². The molecule has 1 aliphatic heterocycles. The van der Waals surface area contributed by atoms with Gasteiger partial charge in [0.25, 0.3) is 0 Å². The highest BCUT2D eigenvalue weighted by molar-refractivity contribution is 9.10. The minimum Gasteiger partial charge on any atom is -0.490 e. The Morgan fingerprint density at radius 1 is 1.21 bits per heavy atom. The number of nitrogens with one attached hydrogen (secondary N) is 1. The molecule has 0 spiro atoms. The van der Waals surface area contributed by atoms with E-state index in [0.717, 1.165) is 11.1 Å². The fourth-order valence-corrected chi connectivity index (χ4v) is 4.61. The monoisotopic (exact) mass is 551 g/mol. The van der Waals surface area contributed by atoms with Gasteiger partial charge in [-0.2, -0.15) is 4.68 Å². The highest BCUT2D eigenvalue weighted by atomic mass is 79.9. The second kappa shape index (κ2) is 9.70. The molecule has 2 heterocycles. The van der Waals surface area contributed by atoms with Crippen LogP contribution in [0.25, 0.3) is 0 Å². The largest absolute Gasteiger partial charge is 0.490 e. The minimum absolute atomic E-state index is 0.0832. The number of carbonyl (C=O) groups excluding carboxylic acids is 1. The lowest BCUT2D eigenvalue weighted by atomic mass is 9.93. The van der Waals surface area contributed by atoms with E-state index in [2.05, 4.69) is 36.8 Å². The van der Waals surface area contributed by atoms with Crippen molar-refractivity contribution in [2.75, 3.05) is 11.9 Å². The Bertz CT molecular complexity index is 1260. The van der Waals surface area contributed by atoms with E-state index in [1.807, 2.05) is 32.0 Å². The van der Waals surface area contributed by atoms with Gasteiger partial charge in [0.2, 0.25) is 5.95 Å². The van der Waals surface area contributed by atoms with Crippen molar-refractivity contribution in [3.8, 4) is 11.5 Å². The smallest absolute Gasteiger partial charge is 0.248 e. The van der Waals surface area contributed by atoms with Crippen LogP contribution in [0.1, 0.15) is 37.9 Å². The Kier molecular flexibility index (Phi) is 6.92. The van der Waals surface area contributed by atoms with Crippen LogP contribution >= 0.6 is 39.1 Å². The first kappa shape index (κ1) is 23.5. The Morgan fingerprint density at radius 2 is 2.00 bits per heavy atom. The zero-order valence-corrected chi connectivity index (χ0v) is 21.1. The van der Waals surface area contributed by atoms with Crippen molar-refractivity contribution in [1.82, 2.24) is 20.2 Å². The standard InChI is InChI=1S/C22H20BrCl2N5O3/c1-4-32-18-9-14(20-19(12(3)31)11(2)26-22-27-28-29-30(20)22)8-15(23)21(18)33-10-13-5-6-16(24)17(25)7-13/h5-9,20H,4,10H2,1-3H3,(H,26,27,29). The van der Waals surface area contributed by atoms with Gasteiger partial charge in [0.1, 0.15) is 12.6 Å². The lowest BCUT2D eigenvalue weighted by Gasteiger charge is -2.28. The molecule has 1 aromatic heterocycles. The summed E-state index contributed by atoms with van der Waals surface area (Å²) in [5, 5.41) is 15.9. The van der Waals surface area contributed by atoms with Gasteiger partial charge in [-0.05, 0) is 82.5 Å². The van der Waals surface area contributed by atoms with Crippen LogP contribution in [0.2, 0.25) is 10.0 Å². The number of fused-ring (bicyclic) bond motifs is 1. The third-order valence-corrected chi connectivity index (χ3v) is 6.44. The van der Waals surface area contributed by atoms with Crippen LogP contribution < -0.4 is 14.8 Å². The number of nitrogens with zero attached hydrogens (tertiary/aromatic N) is 4. The molecule has 2 aromatic carbocycles. The second-order valence-electron chi connectivity index (χ2n) is 7.37. The van der Waals surface area contributed by atoms with E-state index >= 15 is 0 Å². The van der Waals surface area contributed by atoms with Crippen LogP contribution in [0.5, 0.6) is 11.5 Å². The maximum Gasteiger partial charge on any atom is 0.248 e. The molecule has 0 saturated carbocycles. The van der Waals surface area contributed by atoms with Crippen molar-refractivity contribution in [1.29, 1.82) is 0 Å². The Balaban J connectivity index is 1.74. The molecule has 1 unspecified atom stereocenters. The second-order valence-corrected chi connectivity index (χ2v) is 9.04. The number of aromatic nitrogens is 4. The zero-order valence-electron chi connectivity index (χ0n) is 18.0. The van der Waals surface area contributed by atoms with Gasteiger partial charge in [0.15, 0.2) is 17.3 Å². The number of tetrazole rings is 1. The molecule has 0 radical (unpaired) electrons. The van der Waals surface area contributed by atoms with Gasteiger partial charge in [0, 0.05) is 11.3 Å². The van der Waals surface area contributed by atoms with E-state index in [1.54, 1.807) is 16.8 Å². The van der Waals surface area contributed by atoms with Crippen LogP contribution in [0.4, 0.5) is 5.95 Å². The molecule has 0 bridgehead atoms. The molecule has 0 amide bonds. The summed E-state index contributed by atoms with van der Waals surface area (Å²) in [5.74, 6) is 1.43. The summed E-state index contributed by atoms with van der Waals surface area (Å²) in [7, 11) is 0. The lowest BCUT2D eigenvalue weighted by molar-refractivity contribution is -0.114. The highest BCUT2D eigenvalue weighted by Crippen LogP contribution is 2.43. The number of allylic oxidation sites excluding steroid dienone is 2. The minimum atomic E-state index is -0.520. The molecular weight excluding hydrogens is 533 g/mol. The van der Waals surface area contributed by atoms with Crippen molar-refractivity contribution in [2.45, 2.75) is 33.4 Å². The van der Waals surface area contributed by atoms with Gasteiger partial charge >= 0.3 is 0 Å². The number of ketones is 1. The Hall–Kier alpha value is -2.62. The quantitative estimate of drug-likeness (QED) is 0.408. The number of anilines is 1. The van der Waals surface area contributed by atoms with E-state index in [0.29, 0.717) is 49.8 Å². The summed E-state index contributed by atoms with van der Waals surface area (Å²) < 4.78 is 14.2. The normalized spacial score (nSPS) is 15.2. The summed E-state index contributed by atoms with van der Waals surface area (Å²) >= 11 is 15.7. The number of Topliss-reactive ketones (excluding diaryl/α,β-unsaturated/α-hetero) is 1. The topological polar surface area (TPSA) is 91.2 Å². The molecule has 172 valence electrons. The third kappa shape index (κ3) is 4.71. The predicted molar refractivity (Wildman–Crippen MR) is 129 cm³/mol. The lowest BCUT2D eigenvalue weighted by Crippen LogP contribution is -2.28. The van der Waals surface area contributed by atoms with E-state index < -0.39 is 6.04 Å². The summed E-state index contributed by atoms with van der Waals surface area (Å²) in [6.07, 6.45) is 0. The molecule has 4 rings (SSSR count). The zero-order chi connectivity index (χ0) is 23.7. The Morgan fingerprint density at radius 3 is 2.70 bits per heavy atom. The first-order valence-electron chi connectivity index (χ1n) is 10.1. The maximum atomic E-state index is 12.5. The SMILES string of the molecule is CCOc1cc(C2C(C(C)=O)=C(C)Nc3nnnn32)cc(Br)c1OCc1ccc(Cl)c(Cl)c1. The molecule has 33 heavy (non-hydrogen) atoms. The first-order valence-corrected chi connectivity index (χ1v) is 11.6. The summed E-state index contributed by atoms with van der Waals surface area (Å²) in [5.41, 5.74) is 2.89. The van der Waals surface area contributed by atoms with Gasteiger partial charge in [-0.15, -0.1) is 0 Å². The number of rotatable bonds is 7. The molecule has 1 N–H and O–H groups in total. The van der Waals surface area contributed by atoms with E-state index in [1.165, 1.54) is 6.92 Å². The van der Waals surface area contributed by atoms with Crippen LogP contribution in [0.3, 0.4) is 0 Å². The average molecular weight is 553 g/mol. The number of hydrogen-bond donors (Lipinski definition) is 1. The fourth-order valence-electron chi connectivity index (χ4n) is 3.71. The molecule has 0 fully saturated rings. The molecule has 0 saturated heterocycles. The van der Waals surface area contributed by atoms with E-state index in [-0.39, 0.29) is 12.4 Å². The fraction of sp³-hybridized carbons (Fsp3) is 0.273. The van der Waals surface area contributed by atoms with Crippen molar-refractivity contribution in [3.63, 3.8) is 0 Å². The molecule has 3 aromatic rings. The molecule has 1 aliphatic rings. The Labute approximate surface area is 209 Å². The number of ether oxygens (including phenoxy) is 2. The number of halogens is 3. The number of hydrogen-bond acceptors (Lipinski definition) is 7. The van der Waals surface area contributed by atoms with Crippen molar-refractivity contribution in [2.24, 2.45) is 0 Å². The van der Waals surface area contributed by atoms with Gasteiger partial charge in [-0.1, -0.05) is 34.4 Å². The highest BCUT2D eigenvalue weighted by Gasteiger charge is 2.33. The molecule has 11 heteroatoms. The van der Waals surface area contributed by atoms with E-state index in [4.69, 9.17) is 32.7 Å².